The van der Waals surface area contributed by atoms with Crippen LogP contribution in [-0.4, -0.2) is 28.9 Å². The predicted molar refractivity (Wildman–Crippen MR) is 95.9 cm³/mol. The van der Waals surface area contributed by atoms with Crippen LogP contribution in [0.15, 0.2) is 4.66 Å². The van der Waals surface area contributed by atoms with Crippen molar-refractivity contribution in [2.24, 2.45) is 10.6 Å². The van der Waals surface area contributed by atoms with Crippen molar-refractivity contribution in [2.75, 3.05) is 0 Å². The fraction of sp³-hybridized carbons (Fsp3) is 0.938. The van der Waals surface area contributed by atoms with Crippen molar-refractivity contribution >= 4 is 22.8 Å². The van der Waals surface area contributed by atoms with Gasteiger partial charge < -0.3 is 9.08 Å². The number of rotatable bonds is 4. The Hall–Kier alpha value is 0.0638. The van der Waals surface area contributed by atoms with Gasteiger partial charge in [-0.15, -0.1) is 0 Å². The van der Waals surface area contributed by atoms with Crippen LogP contribution in [0.1, 0.15) is 46.5 Å². The van der Waals surface area contributed by atoms with Gasteiger partial charge in [-0.1, -0.05) is 33.6 Å². The lowest BCUT2D eigenvalue weighted by Crippen LogP contribution is -2.46. The molecule has 2 atom stereocenters. The molecule has 2 nitrogen and oxygen atoms in total. The summed E-state index contributed by atoms with van der Waals surface area (Å²) in [6.07, 6.45) is 7.78. The van der Waals surface area contributed by atoms with Crippen LogP contribution in [0.25, 0.3) is 0 Å². The molecule has 1 fully saturated rings. The lowest BCUT2D eigenvalue weighted by molar-refractivity contribution is 0.112. The molecule has 0 aromatic heterocycles. The molecule has 0 heterocycles. The van der Waals surface area contributed by atoms with Gasteiger partial charge in [0.15, 0.2) is 16.6 Å². The van der Waals surface area contributed by atoms with Crippen LogP contribution >= 0.6 is 0 Å². The molecule has 0 unspecified atom stereocenters. The van der Waals surface area contributed by atoms with Crippen molar-refractivity contribution in [3.8, 4) is 0 Å². The predicted octanol–water partition coefficient (Wildman–Crippen LogP) is 5.47. The Morgan fingerprint density at radius 2 is 1.55 bits per heavy atom. The maximum absolute atomic E-state index is 6.68. The highest BCUT2D eigenvalue weighted by Crippen LogP contribution is 2.40. The van der Waals surface area contributed by atoms with E-state index in [-0.39, 0.29) is 0 Å². The molecule has 0 amide bonds. The van der Waals surface area contributed by atoms with Crippen molar-refractivity contribution in [1.29, 1.82) is 0 Å². The molecule has 0 aliphatic heterocycles. The molecule has 1 saturated carbocycles. The van der Waals surface area contributed by atoms with Gasteiger partial charge in [0, 0.05) is 5.92 Å². The monoisotopic (exact) mass is 313 g/mol. The van der Waals surface area contributed by atoms with E-state index < -0.39 is 16.6 Å². The third-order valence-corrected chi connectivity index (χ3v) is 10.1. The fourth-order valence-electron chi connectivity index (χ4n) is 2.32. The molecule has 20 heavy (non-hydrogen) atoms. The van der Waals surface area contributed by atoms with Crippen LogP contribution in [0.2, 0.25) is 37.8 Å². The first-order valence-corrected chi connectivity index (χ1v) is 14.5. The Balaban J connectivity index is 2.77. The van der Waals surface area contributed by atoms with Gasteiger partial charge in [-0.2, -0.15) is 0 Å². The molecule has 0 aromatic carbocycles. The average molecular weight is 314 g/mol. The Bertz CT molecular complexity index is 339. The van der Waals surface area contributed by atoms with E-state index in [1.807, 2.05) is 0 Å². The summed E-state index contributed by atoms with van der Waals surface area (Å²) in [4.78, 5) is 0. The average Bonchev–Trinajstić information content (AvgIpc) is 2.24. The third-order valence-electron chi connectivity index (χ3n) is 4.66. The van der Waals surface area contributed by atoms with Crippen LogP contribution in [-0.2, 0) is 4.43 Å². The van der Waals surface area contributed by atoms with E-state index in [1.165, 1.54) is 25.7 Å². The minimum absolute atomic E-state index is 0.297. The van der Waals surface area contributed by atoms with Crippen molar-refractivity contribution < 1.29 is 4.43 Å². The standard InChI is InChI=1S/C16H35NOSi2/c1-16(2,3)20(7,8)18-15-12-10-9-11-14(15)13-17-19(4,5)6/h13-15H,9-12H2,1-8H3/b17-13+/t14-,15-/m1/s1. The summed E-state index contributed by atoms with van der Waals surface area (Å²) in [5.74, 6) is 0.546. The molecule has 0 spiro atoms. The van der Waals surface area contributed by atoms with Crippen molar-refractivity contribution in [1.82, 2.24) is 0 Å². The first kappa shape index (κ1) is 18.1. The van der Waals surface area contributed by atoms with Gasteiger partial charge in [0.1, 0.15) is 0 Å². The highest BCUT2D eigenvalue weighted by atomic mass is 28.4. The zero-order valence-corrected chi connectivity index (χ0v) is 16.9. The van der Waals surface area contributed by atoms with Crippen molar-refractivity contribution in [3.05, 3.63) is 0 Å². The highest BCUT2D eigenvalue weighted by molar-refractivity contribution is 6.75. The third kappa shape index (κ3) is 5.45. The van der Waals surface area contributed by atoms with E-state index >= 15 is 0 Å². The quantitative estimate of drug-likeness (QED) is 0.498. The smallest absolute Gasteiger partial charge is 0.192 e. The van der Waals surface area contributed by atoms with Crippen molar-refractivity contribution in [2.45, 2.75) is 90.3 Å². The SMILES string of the molecule is CC(C)(C)[Si](C)(C)O[C@@H]1CCCC[C@@H]1/C=N/[Si](C)(C)C. The summed E-state index contributed by atoms with van der Waals surface area (Å²) in [6.45, 7) is 18.6. The maximum Gasteiger partial charge on any atom is 0.192 e. The molecule has 118 valence electrons. The van der Waals surface area contributed by atoms with Crippen LogP contribution in [0.3, 0.4) is 0 Å². The minimum Gasteiger partial charge on any atom is -0.413 e. The highest BCUT2D eigenvalue weighted by Gasteiger charge is 2.41. The number of hydrogen-bond donors (Lipinski definition) is 0. The van der Waals surface area contributed by atoms with Gasteiger partial charge in [-0.3, -0.25) is 0 Å². The molecule has 4 heteroatoms. The van der Waals surface area contributed by atoms with Gasteiger partial charge in [-0.25, -0.2) is 0 Å². The molecular formula is C16H35NOSi2. The van der Waals surface area contributed by atoms with E-state index in [2.05, 4.69) is 59.7 Å². The van der Waals surface area contributed by atoms with Crippen LogP contribution < -0.4 is 0 Å². The molecule has 0 radical (unpaired) electrons. The van der Waals surface area contributed by atoms with Crippen LogP contribution in [0, 0.1) is 5.92 Å². The van der Waals surface area contributed by atoms with E-state index in [0.717, 1.165) is 0 Å². The van der Waals surface area contributed by atoms with E-state index in [0.29, 0.717) is 17.1 Å². The summed E-state index contributed by atoms with van der Waals surface area (Å²) >= 11 is 0. The van der Waals surface area contributed by atoms with Gasteiger partial charge >= 0.3 is 0 Å². The minimum atomic E-state index is -1.66. The molecule has 0 saturated heterocycles. The van der Waals surface area contributed by atoms with Crippen LogP contribution in [0.5, 0.6) is 0 Å². The lowest BCUT2D eigenvalue weighted by Gasteiger charge is -2.42. The molecule has 1 aliphatic rings. The lowest BCUT2D eigenvalue weighted by atomic mass is 9.87. The van der Waals surface area contributed by atoms with Crippen molar-refractivity contribution in [3.63, 3.8) is 0 Å². The topological polar surface area (TPSA) is 21.6 Å². The molecule has 0 N–H and O–H groups in total. The second kappa shape index (κ2) is 6.45. The van der Waals surface area contributed by atoms with E-state index in [4.69, 9.17) is 9.08 Å². The molecule has 1 rings (SSSR count). The normalized spacial score (nSPS) is 26.2. The van der Waals surface area contributed by atoms with Gasteiger partial charge in [0.2, 0.25) is 0 Å². The Kier molecular flexibility index (Phi) is 5.84. The van der Waals surface area contributed by atoms with Gasteiger partial charge in [0.05, 0.1) is 6.10 Å². The fourth-order valence-corrected chi connectivity index (χ4v) is 4.36. The Morgan fingerprint density at radius 3 is 2.05 bits per heavy atom. The second-order valence-electron chi connectivity index (χ2n) is 8.81. The molecule has 0 bridgehead atoms. The van der Waals surface area contributed by atoms with Gasteiger partial charge in [-0.05, 0) is 56.8 Å². The first-order valence-electron chi connectivity index (χ1n) is 8.15. The summed E-state index contributed by atoms with van der Waals surface area (Å²) in [5, 5.41) is 0.297. The zero-order chi connectivity index (χ0) is 15.6. The zero-order valence-electron chi connectivity index (χ0n) is 14.9. The van der Waals surface area contributed by atoms with E-state index in [9.17, 15) is 0 Å². The summed E-state index contributed by atoms with van der Waals surface area (Å²) < 4.78 is 11.6. The van der Waals surface area contributed by atoms with Gasteiger partial charge in [0.25, 0.3) is 0 Å². The molecular weight excluding hydrogens is 278 g/mol. The second-order valence-corrected chi connectivity index (χ2v) is 18.2. The van der Waals surface area contributed by atoms with E-state index in [1.54, 1.807) is 0 Å². The number of hydrogen-bond acceptors (Lipinski definition) is 2. The van der Waals surface area contributed by atoms with Crippen LogP contribution in [0.4, 0.5) is 0 Å². The maximum atomic E-state index is 6.68. The summed E-state index contributed by atoms with van der Waals surface area (Å²) in [7, 11) is -3.00. The Labute approximate surface area is 128 Å². The number of nitrogens with zero attached hydrogens (tertiary/aromatic N) is 1. The molecule has 0 aromatic rings. The first-order chi connectivity index (χ1) is 8.92. The Morgan fingerprint density at radius 1 is 1.00 bits per heavy atom. The summed E-state index contributed by atoms with van der Waals surface area (Å²) in [5.41, 5.74) is 0. The molecule has 1 aliphatic carbocycles. The summed E-state index contributed by atoms with van der Waals surface area (Å²) in [6, 6.07) is 0. The largest absolute Gasteiger partial charge is 0.413 e.